The van der Waals surface area contributed by atoms with Crippen LogP contribution in [-0.2, 0) is 22.2 Å². The van der Waals surface area contributed by atoms with E-state index in [1.54, 1.807) is 0 Å². The molecule has 0 bridgehead atoms. The summed E-state index contributed by atoms with van der Waals surface area (Å²) in [7, 11) is -4.19. The molecule has 3 aromatic heterocycles. The molecule has 3 heterocycles. The Morgan fingerprint density at radius 1 is 0.944 bits per heavy atom. The fraction of sp³-hybridized carbons (Fsp3) is 0.190. The lowest BCUT2D eigenvalue weighted by atomic mass is 10.0. The van der Waals surface area contributed by atoms with Crippen LogP contribution in [0, 0.1) is 5.82 Å². The summed E-state index contributed by atoms with van der Waals surface area (Å²) in [6.07, 6.45) is -8.36. The van der Waals surface area contributed by atoms with E-state index in [0.717, 1.165) is 24.4 Å². The minimum absolute atomic E-state index is 0.146. The molecule has 0 saturated heterocycles. The molecule has 0 saturated carbocycles. The number of aromatic nitrogens is 4. The van der Waals surface area contributed by atoms with Gasteiger partial charge in [-0.05, 0) is 35.9 Å². The molecule has 0 aliphatic rings. The van der Waals surface area contributed by atoms with Gasteiger partial charge in [0.25, 0.3) is 0 Å². The molecule has 0 aliphatic heterocycles. The lowest BCUT2D eigenvalue weighted by Crippen LogP contribution is -2.23. The largest absolute Gasteiger partial charge is 0.419 e. The SMILES string of the molecule is CCS(=O)(=O)c1cc(-c2ccc(F)c(C(F)(F)F)c2)cnc1-n1nc2ccc(C(F)(F)F)cn2c1=O. The first kappa shape index (κ1) is 25.3. The van der Waals surface area contributed by atoms with Crippen LogP contribution in [0.3, 0.4) is 0 Å². The van der Waals surface area contributed by atoms with Crippen LogP contribution in [0.15, 0.2) is 58.5 Å². The van der Waals surface area contributed by atoms with Crippen molar-refractivity contribution in [2.45, 2.75) is 24.2 Å². The van der Waals surface area contributed by atoms with Gasteiger partial charge in [-0.25, -0.2) is 27.0 Å². The van der Waals surface area contributed by atoms with Crippen LogP contribution in [0.25, 0.3) is 22.6 Å². The van der Waals surface area contributed by atoms with Gasteiger partial charge in [0, 0.05) is 18.0 Å². The third-order valence-electron chi connectivity index (χ3n) is 5.20. The minimum Gasteiger partial charge on any atom is -0.249 e. The fourth-order valence-corrected chi connectivity index (χ4v) is 4.38. The van der Waals surface area contributed by atoms with Crippen molar-refractivity contribution in [3.8, 4) is 16.9 Å². The maximum Gasteiger partial charge on any atom is 0.419 e. The van der Waals surface area contributed by atoms with Crippen molar-refractivity contribution in [2.75, 3.05) is 5.75 Å². The third kappa shape index (κ3) is 4.45. The molecule has 4 rings (SSSR count). The van der Waals surface area contributed by atoms with Crippen molar-refractivity contribution in [3.63, 3.8) is 0 Å². The standard InChI is InChI=1S/C21H13F7N4O3S/c1-2-36(34,35)16-8-12(11-3-5-15(22)14(7-11)21(26,27)28)9-29-18(16)32-19(33)31-10-13(20(23,24)25)4-6-17(31)30-32/h3-10H,2H2,1H3. The molecule has 190 valence electrons. The number of rotatable bonds is 4. The van der Waals surface area contributed by atoms with Gasteiger partial charge in [-0.3, -0.25) is 0 Å². The fourth-order valence-electron chi connectivity index (χ4n) is 3.34. The van der Waals surface area contributed by atoms with Crippen LogP contribution >= 0.6 is 0 Å². The average Bonchev–Trinajstić information content (AvgIpc) is 3.13. The zero-order valence-electron chi connectivity index (χ0n) is 17.9. The van der Waals surface area contributed by atoms with Crippen LogP contribution in [0.4, 0.5) is 30.7 Å². The van der Waals surface area contributed by atoms with Gasteiger partial charge in [-0.15, -0.1) is 5.10 Å². The number of fused-ring (bicyclic) bond motifs is 1. The van der Waals surface area contributed by atoms with Gasteiger partial charge in [-0.2, -0.15) is 31.0 Å². The van der Waals surface area contributed by atoms with E-state index in [0.29, 0.717) is 33.5 Å². The van der Waals surface area contributed by atoms with E-state index in [9.17, 15) is 43.9 Å². The van der Waals surface area contributed by atoms with E-state index in [1.165, 1.54) is 6.92 Å². The van der Waals surface area contributed by atoms with E-state index in [4.69, 9.17) is 0 Å². The Balaban J connectivity index is 1.95. The number of halogens is 7. The molecule has 0 fully saturated rings. The third-order valence-corrected chi connectivity index (χ3v) is 6.93. The van der Waals surface area contributed by atoms with Gasteiger partial charge in [0.2, 0.25) is 0 Å². The first-order valence-corrected chi connectivity index (χ1v) is 11.6. The van der Waals surface area contributed by atoms with Gasteiger partial charge in [0.1, 0.15) is 10.7 Å². The van der Waals surface area contributed by atoms with Gasteiger partial charge in [-0.1, -0.05) is 13.0 Å². The molecule has 0 unspecified atom stereocenters. The monoisotopic (exact) mass is 534 g/mol. The topological polar surface area (TPSA) is 86.3 Å². The van der Waals surface area contributed by atoms with E-state index in [1.807, 2.05) is 0 Å². The second kappa shape index (κ2) is 8.43. The molecule has 15 heteroatoms. The predicted octanol–water partition coefficient (Wildman–Crippen LogP) is 4.52. The van der Waals surface area contributed by atoms with Crippen molar-refractivity contribution >= 4 is 15.5 Å². The van der Waals surface area contributed by atoms with Crippen LogP contribution in [-0.4, -0.2) is 33.3 Å². The normalized spacial score (nSPS) is 12.9. The summed E-state index contributed by atoms with van der Waals surface area (Å²) < 4.78 is 119. The zero-order chi connectivity index (χ0) is 26.6. The van der Waals surface area contributed by atoms with Crippen molar-refractivity contribution in [1.82, 2.24) is 19.2 Å². The highest BCUT2D eigenvalue weighted by molar-refractivity contribution is 7.91. The summed E-state index contributed by atoms with van der Waals surface area (Å²) in [5, 5.41) is 3.85. The van der Waals surface area contributed by atoms with Crippen LogP contribution in [0.2, 0.25) is 0 Å². The molecular weight excluding hydrogens is 521 g/mol. The highest BCUT2D eigenvalue weighted by Crippen LogP contribution is 2.35. The molecule has 0 amide bonds. The van der Waals surface area contributed by atoms with Gasteiger partial charge in [0.15, 0.2) is 21.3 Å². The Hall–Kier alpha value is -3.75. The first-order valence-electron chi connectivity index (χ1n) is 9.92. The highest BCUT2D eigenvalue weighted by atomic mass is 32.2. The van der Waals surface area contributed by atoms with E-state index in [2.05, 4.69) is 10.1 Å². The van der Waals surface area contributed by atoms with Gasteiger partial charge >= 0.3 is 18.0 Å². The number of alkyl halides is 6. The van der Waals surface area contributed by atoms with Crippen molar-refractivity contribution in [1.29, 1.82) is 0 Å². The number of hydrogen-bond acceptors (Lipinski definition) is 5. The maximum atomic E-state index is 13.7. The Morgan fingerprint density at radius 2 is 1.64 bits per heavy atom. The molecular formula is C21H13F7N4O3S. The number of sulfone groups is 1. The number of pyridine rings is 2. The Labute approximate surface area is 197 Å². The highest BCUT2D eigenvalue weighted by Gasteiger charge is 2.35. The van der Waals surface area contributed by atoms with Crippen molar-refractivity contribution < 1.29 is 39.2 Å². The molecule has 36 heavy (non-hydrogen) atoms. The molecule has 0 aliphatic carbocycles. The Bertz CT molecular complexity index is 1660. The second-order valence-corrected chi connectivity index (χ2v) is 9.73. The van der Waals surface area contributed by atoms with Gasteiger partial charge < -0.3 is 0 Å². The van der Waals surface area contributed by atoms with Crippen molar-refractivity contribution in [2.24, 2.45) is 0 Å². The Morgan fingerprint density at radius 3 is 2.25 bits per heavy atom. The molecule has 0 radical (unpaired) electrons. The molecule has 0 N–H and O–H groups in total. The quantitative estimate of drug-likeness (QED) is 0.360. The summed E-state index contributed by atoms with van der Waals surface area (Å²) in [5.74, 6) is -2.62. The summed E-state index contributed by atoms with van der Waals surface area (Å²) in [4.78, 5) is 16.1. The summed E-state index contributed by atoms with van der Waals surface area (Å²) >= 11 is 0. The molecule has 0 atom stereocenters. The number of benzene rings is 1. The van der Waals surface area contributed by atoms with Crippen LogP contribution < -0.4 is 5.69 Å². The zero-order valence-corrected chi connectivity index (χ0v) is 18.7. The molecule has 1 aromatic carbocycles. The van der Waals surface area contributed by atoms with Crippen LogP contribution in [0.5, 0.6) is 0 Å². The molecule has 4 aromatic rings. The summed E-state index contributed by atoms with van der Waals surface area (Å²) in [6.45, 7) is 1.26. The average molecular weight is 534 g/mol. The van der Waals surface area contributed by atoms with E-state index >= 15 is 0 Å². The smallest absolute Gasteiger partial charge is 0.249 e. The minimum atomic E-state index is -5.02. The second-order valence-electron chi connectivity index (χ2n) is 7.48. The van der Waals surface area contributed by atoms with Crippen molar-refractivity contribution in [3.05, 3.63) is 76.2 Å². The number of nitrogens with zero attached hydrogens (tertiary/aromatic N) is 4. The first-order chi connectivity index (χ1) is 16.6. The van der Waals surface area contributed by atoms with Gasteiger partial charge in [0.05, 0.1) is 16.9 Å². The number of hydrogen-bond donors (Lipinski definition) is 0. The maximum absolute atomic E-state index is 13.7. The Kier molecular flexibility index (Phi) is 5.93. The van der Waals surface area contributed by atoms with Crippen LogP contribution in [0.1, 0.15) is 18.1 Å². The molecule has 7 nitrogen and oxygen atoms in total. The summed E-state index contributed by atoms with van der Waals surface area (Å²) in [6, 6.07) is 4.54. The molecule has 0 spiro atoms. The lowest BCUT2D eigenvalue weighted by Gasteiger charge is -2.12. The predicted molar refractivity (Wildman–Crippen MR) is 112 cm³/mol. The van der Waals surface area contributed by atoms with E-state index in [-0.39, 0.29) is 16.8 Å². The lowest BCUT2D eigenvalue weighted by molar-refractivity contribution is -0.140. The summed E-state index contributed by atoms with van der Waals surface area (Å²) in [5.41, 5.74) is -4.50. The van der Waals surface area contributed by atoms with E-state index < -0.39 is 61.3 Å².